The van der Waals surface area contributed by atoms with E-state index in [0.29, 0.717) is 11.1 Å². The topological polar surface area (TPSA) is 242 Å². The quantitative estimate of drug-likeness (QED) is 0.0329. The number of esters is 2. The number of pyridine rings is 1. The number of nitro benzene ring substituents is 2. The summed E-state index contributed by atoms with van der Waals surface area (Å²) >= 11 is 0. The summed E-state index contributed by atoms with van der Waals surface area (Å²) in [6, 6.07) is 27.0. The first-order valence-corrected chi connectivity index (χ1v) is 19.3. The van der Waals surface area contributed by atoms with Crippen molar-refractivity contribution in [1.82, 2.24) is 9.88 Å². The lowest BCUT2D eigenvalue weighted by Gasteiger charge is -2.32. The van der Waals surface area contributed by atoms with E-state index in [1.165, 1.54) is 36.5 Å². The van der Waals surface area contributed by atoms with E-state index in [4.69, 9.17) is 18.9 Å². The van der Waals surface area contributed by atoms with Crippen molar-refractivity contribution in [2.45, 2.75) is 23.8 Å². The van der Waals surface area contributed by atoms with E-state index in [-0.39, 0.29) is 34.1 Å². The number of carbonyl (C=O) groups is 4. The van der Waals surface area contributed by atoms with Crippen LogP contribution < -0.4 is 9.47 Å². The Hall–Kier alpha value is -7.80. The Bertz CT molecular complexity index is 2530. The molecule has 2 heterocycles. The van der Waals surface area contributed by atoms with Gasteiger partial charge < -0.3 is 23.8 Å². The number of hydrogen-bond donors (Lipinski definition) is 0. The maximum atomic E-state index is 14.4. The summed E-state index contributed by atoms with van der Waals surface area (Å²) < 4.78 is 47.3. The fourth-order valence-electron chi connectivity index (χ4n) is 6.09. The number of nitrogens with zero attached hydrogens (tertiary/aromatic N) is 4. The number of carbonyl (C=O) groups excluding carboxylic acids is 4. The number of non-ortho nitro benzene ring substituents is 2. The fourth-order valence-corrected chi connectivity index (χ4v) is 7.83. The lowest BCUT2D eigenvalue weighted by Crippen LogP contribution is -2.55. The first-order valence-electron chi connectivity index (χ1n) is 17.7. The van der Waals surface area contributed by atoms with Gasteiger partial charge in [-0.25, -0.2) is 22.8 Å². The molecule has 0 N–H and O–H groups in total. The number of sulfone groups is 1. The second-order valence-electron chi connectivity index (χ2n) is 13.2. The molecule has 1 saturated heterocycles. The third kappa shape index (κ3) is 9.48. The van der Waals surface area contributed by atoms with Crippen molar-refractivity contribution in [3.8, 4) is 11.5 Å². The summed E-state index contributed by atoms with van der Waals surface area (Å²) in [6.07, 6.45) is 0.886. The lowest BCUT2D eigenvalue weighted by atomic mass is 9.98. The van der Waals surface area contributed by atoms with Crippen molar-refractivity contribution in [2.75, 3.05) is 12.5 Å². The second-order valence-corrected chi connectivity index (χ2v) is 15.7. The maximum Gasteiger partial charge on any atom is 0.513 e. The van der Waals surface area contributed by atoms with Crippen LogP contribution >= 0.6 is 0 Å². The predicted molar refractivity (Wildman–Crippen MR) is 210 cm³/mol. The van der Waals surface area contributed by atoms with Gasteiger partial charge in [0.15, 0.2) is 22.0 Å². The molecule has 0 saturated carbocycles. The average Bonchev–Trinajstić information content (AvgIpc) is 3.46. The van der Waals surface area contributed by atoms with Gasteiger partial charge in [-0.15, -0.1) is 0 Å². The van der Waals surface area contributed by atoms with E-state index < -0.39 is 73.1 Å². The highest BCUT2D eigenvalue weighted by molar-refractivity contribution is 7.93. The first-order chi connectivity index (χ1) is 28.6. The minimum absolute atomic E-state index is 0.0149. The number of ether oxygens (including phenoxy) is 4. The van der Waals surface area contributed by atoms with Crippen molar-refractivity contribution >= 4 is 51.3 Å². The van der Waals surface area contributed by atoms with Crippen LogP contribution in [-0.4, -0.2) is 75.4 Å². The van der Waals surface area contributed by atoms with Gasteiger partial charge in [0, 0.05) is 36.5 Å². The molecule has 6 rings (SSSR count). The minimum Gasteiger partial charge on any atom is -0.451 e. The molecular weight excluding hydrogens is 805 g/mol. The van der Waals surface area contributed by atoms with Gasteiger partial charge in [0.1, 0.15) is 28.7 Å². The molecule has 1 aliphatic heterocycles. The molecule has 60 heavy (non-hydrogen) atoms. The lowest BCUT2D eigenvalue weighted by molar-refractivity contribution is -0.385. The van der Waals surface area contributed by atoms with Crippen molar-refractivity contribution in [3.05, 3.63) is 176 Å². The highest BCUT2D eigenvalue weighted by Gasteiger charge is 2.62. The van der Waals surface area contributed by atoms with Gasteiger partial charge >= 0.3 is 18.1 Å². The van der Waals surface area contributed by atoms with Crippen LogP contribution in [0.25, 0.3) is 6.08 Å². The highest BCUT2D eigenvalue weighted by atomic mass is 32.2. The molecule has 1 aromatic heterocycles. The van der Waals surface area contributed by atoms with Crippen LogP contribution in [-0.2, 0) is 28.9 Å². The zero-order chi connectivity index (χ0) is 43.0. The Morgan fingerprint density at radius 2 is 1.35 bits per heavy atom. The summed E-state index contributed by atoms with van der Waals surface area (Å²) in [5, 5.41) is 22.0. The van der Waals surface area contributed by atoms with E-state index >= 15 is 0 Å². The van der Waals surface area contributed by atoms with E-state index in [2.05, 4.69) is 4.98 Å². The van der Waals surface area contributed by atoms with E-state index in [1.807, 2.05) is 0 Å². The molecule has 18 nitrogen and oxygen atoms in total. The van der Waals surface area contributed by atoms with Gasteiger partial charge in [-0.3, -0.25) is 30.0 Å². The van der Waals surface area contributed by atoms with Crippen molar-refractivity contribution < 1.29 is 56.4 Å². The van der Waals surface area contributed by atoms with E-state index in [0.717, 1.165) is 54.3 Å². The molecule has 0 aliphatic carbocycles. The Kier molecular flexibility index (Phi) is 12.4. The SMILES string of the molecule is C[C@]1(COC(=O)Oc2ccc([N+](=O)[O-])cc2)[C@H](C(=O)OC(c2ccccc2)c2ccccc2)N(C(=O)/C=C/c2cc(C(=O)Oc3ccc([N+](=O)[O-])cc3)ccn2)CS1(=O)=O. The predicted octanol–water partition coefficient (Wildman–Crippen LogP) is 6.02. The Morgan fingerprint density at radius 1 is 0.817 bits per heavy atom. The third-order valence-corrected chi connectivity index (χ3v) is 11.6. The largest absolute Gasteiger partial charge is 0.513 e. The standard InChI is InChI=1S/C41H32N4O14S/c1-41(25-56-40(49)58-34-19-15-32(16-20-34)45(52)53)37(39(48)59-36(27-8-4-2-5-9-27)28-10-6-3-7-11-28)43(26-60(41,54)55)35(46)21-12-30-24-29(22-23-42-30)38(47)57-33-17-13-31(14-18-33)44(50)51/h2-24,36-37H,25-26H2,1H3/b21-12+/t37-,41-/m0/s1. The number of aromatic nitrogens is 1. The molecule has 0 spiro atoms. The van der Waals surface area contributed by atoms with Crippen LogP contribution in [0.2, 0.25) is 0 Å². The Morgan fingerprint density at radius 3 is 1.88 bits per heavy atom. The monoisotopic (exact) mass is 836 g/mol. The summed E-state index contributed by atoms with van der Waals surface area (Å²) in [5.74, 6) is -4.14. The normalized spacial score (nSPS) is 16.8. The second kappa shape index (κ2) is 17.8. The Balaban J connectivity index is 1.27. The van der Waals surface area contributed by atoms with Crippen LogP contribution in [0.4, 0.5) is 16.2 Å². The van der Waals surface area contributed by atoms with Gasteiger partial charge in [-0.05, 0) is 60.5 Å². The summed E-state index contributed by atoms with van der Waals surface area (Å²) in [6.45, 7) is 0.127. The fraction of sp³-hybridized carbons (Fsp3) is 0.146. The van der Waals surface area contributed by atoms with Gasteiger partial charge in [-0.1, -0.05) is 60.7 Å². The smallest absolute Gasteiger partial charge is 0.451 e. The van der Waals surface area contributed by atoms with E-state index in [9.17, 15) is 47.8 Å². The molecule has 0 radical (unpaired) electrons. The summed E-state index contributed by atoms with van der Waals surface area (Å²) in [5.41, 5.74) is 0.598. The van der Waals surface area contributed by atoms with Gasteiger partial charge in [-0.2, -0.15) is 0 Å². The molecule has 1 amide bonds. The number of nitro groups is 2. The highest BCUT2D eigenvalue weighted by Crippen LogP contribution is 2.38. The molecule has 0 bridgehead atoms. The molecule has 1 fully saturated rings. The van der Waals surface area contributed by atoms with Gasteiger partial charge in [0.05, 0.1) is 21.1 Å². The molecule has 1 aliphatic rings. The van der Waals surface area contributed by atoms with Crippen LogP contribution in [0.15, 0.2) is 134 Å². The zero-order valence-electron chi connectivity index (χ0n) is 31.3. The molecular formula is C41H32N4O14S. The number of amides is 1. The van der Waals surface area contributed by atoms with Crippen LogP contribution in [0.3, 0.4) is 0 Å². The maximum absolute atomic E-state index is 14.4. The van der Waals surface area contributed by atoms with Crippen molar-refractivity contribution in [2.24, 2.45) is 0 Å². The van der Waals surface area contributed by atoms with E-state index in [1.54, 1.807) is 60.7 Å². The van der Waals surface area contributed by atoms with Crippen LogP contribution in [0.1, 0.15) is 40.2 Å². The number of hydrogen-bond acceptors (Lipinski definition) is 15. The van der Waals surface area contributed by atoms with Crippen LogP contribution in [0, 0.1) is 20.2 Å². The van der Waals surface area contributed by atoms with Crippen LogP contribution in [0.5, 0.6) is 11.5 Å². The molecule has 2 atom stereocenters. The third-order valence-electron chi connectivity index (χ3n) is 9.25. The van der Waals surface area contributed by atoms with Gasteiger partial charge in [0.2, 0.25) is 5.91 Å². The molecule has 0 unspecified atom stereocenters. The zero-order valence-corrected chi connectivity index (χ0v) is 32.1. The first kappa shape index (κ1) is 41.8. The number of benzene rings is 4. The minimum atomic E-state index is -4.51. The number of rotatable bonds is 13. The molecule has 4 aromatic carbocycles. The summed E-state index contributed by atoms with van der Waals surface area (Å²) in [4.78, 5) is 79.6. The molecule has 306 valence electrons. The van der Waals surface area contributed by atoms with Gasteiger partial charge in [0.25, 0.3) is 11.4 Å². The molecule has 19 heteroatoms. The van der Waals surface area contributed by atoms with Crippen molar-refractivity contribution in [3.63, 3.8) is 0 Å². The molecule has 5 aromatic rings. The Labute approximate surface area is 340 Å². The average molecular weight is 837 g/mol. The van der Waals surface area contributed by atoms with Crippen molar-refractivity contribution in [1.29, 1.82) is 0 Å². The summed E-state index contributed by atoms with van der Waals surface area (Å²) in [7, 11) is -4.51.